The summed E-state index contributed by atoms with van der Waals surface area (Å²) in [5.41, 5.74) is 5.33. The first kappa shape index (κ1) is 25.4. The van der Waals surface area contributed by atoms with Gasteiger partial charge in [0.15, 0.2) is 8.32 Å². The van der Waals surface area contributed by atoms with Crippen molar-refractivity contribution < 1.29 is 14.0 Å². The lowest BCUT2D eigenvalue weighted by atomic mass is 9.84. The molecular formula is C28H44N2O3Si. The van der Waals surface area contributed by atoms with Crippen molar-refractivity contribution in [2.45, 2.75) is 96.8 Å². The summed E-state index contributed by atoms with van der Waals surface area (Å²) in [6.07, 6.45) is 10.6. The molecule has 0 saturated heterocycles. The van der Waals surface area contributed by atoms with E-state index < -0.39 is 8.32 Å². The van der Waals surface area contributed by atoms with Gasteiger partial charge in [-0.25, -0.2) is 4.79 Å². The van der Waals surface area contributed by atoms with Crippen molar-refractivity contribution in [2.75, 3.05) is 18.5 Å². The maximum absolute atomic E-state index is 12.8. The molecule has 2 saturated carbocycles. The fourth-order valence-corrected chi connectivity index (χ4v) is 13.0. The third-order valence-electron chi connectivity index (χ3n) is 8.92. The summed E-state index contributed by atoms with van der Waals surface area (Å²) in [6, 6.07) is 0.325. The van der Waals surface area contributed by atoms with Gasteiger partial charge in [0.05, 0.1) is 18.0 Å². The number of esters is 1. The number of aromatic nitrogens is 1. The van der Waals surface area contributed by atoms with Crippen LogP contribution in [-0.4, -0.2) is 38.5 Å². The molecule has 0 aliphatic heterocycles. The number of nitrogens with one attached hydrogen (secondary N) is 1. The number of fused-ring (bicyclic) bond motifs is 3. The number of allylic oxidation sites excluding steroid dienone is 1. The highest BCUT2D eigenvalue weighted by atomic mass is 28.4. The van der Waals surface area contributed by atoms with E-state index in [0.29, 0.717) is 52.6 Å². The minimum absolute atomic E-state index is 0.289. The molecule has 4 rings (SSSR count). The van der Waals surface area contributed by atoms with Gasteiger partial charge in [0.25, 0.3) is 0 Å². The average Bonchev–Trinajstić information content (AvgIpc) is 3.50. The second-order valence-electron chi connectivity index (χ2n) is 11.5. The molecule has 4 atom stereocenters. The van der Waals surface area contributed by atoms with Crippen molar-refractivity contribution in [3.05, 3.63) is 29.1 Å². The van der Waals surface area contributed by atoms with Crippen LogP contribution in [0.3, 0.4) is 0 Å². The van der Waals surface area contributed by atoms with Gasteiger partial charge < -0.3 is 14.5 Å². The molecular weight excluding hydrogens is 440 g/mol. The zero-order valence-corrected chi connectivity index (χ0v) is 23.2. The van der Waals surface area contributed by atoms with E-state index in [1.54, 1.807) is 6.20 Å². The monoisotopic (exact) mass is 484 g/mol. The van der Waals surface area contributed by atoms with Crippen LogP contribution in [0.4, 0.5) is 5.69 Å². The number of hydrogen-bond acceptors (Lipinski definition) is 5. The van der Waals surface area contributed by atoms with E-state index in [2.05, 4.69) is 64.0 Å². The Hall–Kier alpha value is -1.66. The summed E-state index contributed by atoms with van der Waals surface area (Å²) in [5.74, 6) is 1.53. The Balaban J connectivity index is 1.62. The molecule has 6 heteroatoms. The molecule has 2 bridgehead atoms. The van der Waals surface area contributed by atoms with Crippen molar-refractivity contribution in [2.24, 2.45) is 17.8 Å². The highest BCUT2D eigenvalue weighted by Crippen LogP contribution is 2.51. The Kier molecular flexibility index (Phi) is 7.58. The number of ether oxygens (including phenoxy) is 1. The molecule has 2 fully saturated rings. The minimum Gasteiger partial charge on any atom is -0.462 e. The highest BCUT2D eigenvalue weighted by molar-refractivity contribution is 6.77. The van der Waals surface area contributed by atoms with Gasteiger partial charge in [-0.05, 0) is 54.6 Å². The first-order valence-corrected chi connectivity index (χ1v) is 15.6. The van der Waals surface area contributed by atoms with Gasteiger partial charge in [-0.15, -0.1) is 0 Å². The molecule has 0 spiro atoms. The first-order valence-electron chi connectivity index (χ1n) is 13.5. The van der Waals surface area contributed by atoms with Gasteiger partial charge in [0.2, 0.25) is 0 Å². The van der Waals surface area contributed by atoms with E-state index in [1.165, 1.54) is 19.3 Å². The van der Waals surface area contributed by atoms with E-state index in [9.17, 15) is 4.79 Å². The van der Waals surface area contributed by atoms with Gasteiger partial charge in [-0.2, -0.15) is 0 Å². The summed E-state index contributed by atoms with van der Waals surface area (Å²) in [5, 5.41) is 3.90. The summed E-state index contributed by atoms with van der Waals surface area (Å²) in [6.45, 7) is 17.2. The molecule has 3 aliphatic carbocycles. The van der Waals surface area contributed by atoms with Crippen LogP contribution in [0.1, 0.15) is 89.3 Å². The van der Waals surface area contributed by atoms with Gasteiger partial charge in [-0.1, -0.05) is 53.7 Å². The molecule has 1 aromatic heterocycles. The predicted octanol–water partition coefficient (Wildman–Crippen LogP) is 6.85. The quantitative estimate of drug-likeness (QED) is 0.291. The third kappa shape index (κ3) is 4.37. The van der Waals surface area contributed by atoms with Crippen LogP contribution in [-0.2, 0) is 15.6 Å². The minimum atomic E-state index is -1.92. The van der Waals surface area contributed by atoms with Gasteiger partial charge in [0.1, 0.15) is 5.56 Å². The Morgan fingerprint density at radius 3 is 2.44 bits per heavy atom. The van der Waals surface area contributed by atoms with Crippen molar-refractivity contribution in [1.82, 2.24) is 4.98 Å². The van der Waals surface area contributed by atoms with E-state index in [-0.39, 0.29) is 5.97 Å². The van der Waals surface area contributed by atoms with E-state index in [4.69, 9.17) is 9.16 Å². The van der Waals surface area contributed by atoms with Crippen LogP contribution in [0.15, 0.2) is 12.3 Å². The first-order chi connectivity index (χ1) is 16.2. The topological polar surface area (TPSA) is 60.5 Å². The summed E-state index contributed by atoms with van der Waals surface area (Å²) >= 11 is 0. The number of anilines is 1. The molecule has 1 unspecified atom stereocenters. The van der Waals surface area contributed by atoms with Crippen molar-refractivity contribution in [3.63, 3.8) is 0 Å². The molecule has 0 radical (unpaired) electrons. The Morgan fingerprint density at radius 2 is 1.79 bits per heavy atom. The summed E-state index contributed by atoms with van der Waals surface area (Å²) < 4.78 is 12.5. The van der Waals surface area contributed by atoms with Gasteiger partial charge in [-0.3, -0.25) is 4.98 Å². The third-order valence-corrected chi connectivity index (χ3v) is 15.0. The molecule has 1 N–H and O–H groups in total. The number of carbonyl (C=O) groups excluding carboxylic acids is 1. The average molecular weight is 485 g/mol. The number of carbonyl (C=O) groups is 1. The zero-order chi connectivity index (χ0) is 24.6. The Labute approximate surface area is 207 Å². The number of nitrogens with zero attached hydrogens (tertiary/aromatic N) is 1. The van der Waals surface area contributed by atoms with Crippen LogP contribution in [0.2, 0.25) is 16.6 Å². The fourth-order valence-electron chi connectivity index (χ4n) is 7.50. The van der Waals surface area contributed by atoms with Crippen LogP contribution in [0, 0.1) is 17.8 Å². The lowest BCUT2D eigenvalue weighted by Crippen LogP contribution is -2.50. The largest absolute Gasteiger partial charge is 0.462 e. The second-order valence-corrected chi connectivity index (χ2v) is 17.0. The highest BCUT2D eigenvalue weighted by Gasteiger charge is 2.51. The van der Waals surface area contributed by atoms with E-state index >= 15 is 0 Å². The Morgan fingerprint density at radius 1 is 1.12 bits per heavy atom. The predicted molar refractivity (Wildman–Crippen MR) is 142 cm³/mol. The Bertz CT molecular complexity index is 905. The summed E-state index contributed by atoms with van der Waals surface area (Å²) in [4.78, 5) is 17.4. The van der Waals surface area contributed by atoms with Crippen LogP contribution < -0.4 is 5.32 Å². The molecule has 3 aliphatic rings. The van der Waals surface area contributed by atoms with Gasteiger partial charge in [0, 0.05) is 36.7 Å². The number of rotatable bonds is 10. The zero-order valence-electron chi connectivity index (χ0n) is 22.2. The normalized spacial score (nSPS) is 25.6. The number of hydrogen-bond donors (Lipinski definition) is 1. The van der Waals surface area contributed by atoms with Crippen molar-refractivity contribution in [1.29, 1.82) is 0 Å². The fraction of sp³-hybridized carbons (Fsp3) is 0.714. The van der Waals surface area contributed by atoms with E-state index in [0.717, 1.165) is 30.0 Å². The maximum Gasteiger partial charge on any atom is 0.341 e. The molecule has 0 aromatic carbocycles. The molecule has 0 amide bonds. The number of pyridine rings is 1. The molecule has 1 heterocycles. The van der Waals surface area contributed by atoms with Crippen molar-refractivity contribution >= 4 is 26.1 Å². The standard InChI is InChI=1S/C28H44N2O3Si/c1-8-32-28(31)23-15-29-25-11-9-10-22(25)27(23)30-26-21-13-12-20(14-21)24(26)16-33-34(17(2)3,18(4)5)19(6)7/h9-10,15,17-21,24,26H,8,11-14,16H2,1-7H3,(H,29,30)/t20-,21?,24+,26-/m0/s1. The van der Waals surface area contributed by atoms with E-state index in [1.807, 2.05) is 6.92 Å². The molecule has 5 nitrogen and oxygen atoms in total. The van der Waals surface area contributed by atoms with Crippen molar-refractivity contribution in [3.8, 4) is 0 Å². The SMILES string of the molecule is CCOC(=O)c1cnc2c(c1N[C@H]1C3CC[C@@H](C3)[C@H]1CO[Si](C(C)C)(C(C)C)C(C)C)C=CC2. The molecule has 188 valence electrons. The smallest absolute Gasteiger partial charge is 0.341 e. The lowest BCUT2D eigenvalue weighted by Gasteiger charge is -2.44. The van der Waals surface area contributed by atoms with Gasteiger partial charge >= 0.3 is 5.97 Å². The van der Waals surface area contributed by atoms with Crippen LogP contribution in [0.25, 0.3) is 6.08 Å². The summed E-state index contributed by atoms with van der Waals surface area (Å²) in [7, 11) is -1.92. The second kappa shape index (κ2) is 10.1. The molecule has 1 aromatic rings. The van der Waals surface area contributed by atoms with Crippen LogP contribution in [0.5, 0.6) is 0 Å². The lowest BCUT2D eigenvalue weighted by molar-refractivity contribution is 0.0527. The molecule has 34 heavy (non-hydrogen) atoms. The maximum atomic E-state index is 12.8. The van der Waals surface area contributed by atoms with Crippen LogP contribution >= 0.6 is 0 Å².